The van der Waals surface area contributed by atoms with Crippen LogP contribution in [0.25, 0.3) is 0 Å². The molecule has 102 valence electrons. The van der Waals surface area contributed by atoms with E-state index in [4.69, 9.17) is 5.73 Å². The van der Waals surface area contributed by atoms with E-state index in [0.29, 0.717) is 15.6 Å². The van der Waals surface area contributed by atoms with Gasteiger partial charge in [0, 0.05) is 12.3 Å². The Morgan fingerprint density at radius 2 is 2.22 bits per heavy atom. The van der Waals surface area contributed by atoms with Gasteiger partial charge in [0.2, 0.25) is 0 Å². The second-order valence-electron chi connectivity index (χ2n) is 3.55. The number of carbonyl (C=O) groups is 1. The molecule has 18 heavy (non-hydrogen) atoms. The number of esters is 1. The lowest BCUT2D eigenvalue weighted by Crippen LogP contribution is -2.16. The third-order valence-corrected chi connectivity index (χ3v) is 5.08. The second kappa shape index (κ2) is 6.05. The van der Waals surface area contributed by atoms with E-state index < -0.39 is 15.8 Å². The van der Waals surface area contributed by atoms with Gasteiger partial charge in [-0.25, -0.2) is 13.2 Å². The van der Waals surface area contributed by atoms with E-state index in [-0.39, 0.29) is 18.1 Å². The van der Waals surface area contributed by atoms with Gasteiger partial charge in [-0.2, -0.15) is 0 Å². The van der Waals surface area contributed by atoms with Crippen molar-refractivity contribution in [3.8, 4) is 0 Å². The number of sulfone groups is 1. The van der Waals surface area contributed by atoms with Crippen molar-refractivity contribution in [3.05, 3.63) is 10.9 Å². The first-order valence-corrected chi connectivity index (χ1v) is 7.95. The van der Waals surface area contributed by atoms with E-state index in [2.05, 4.69) is 10.1 Å². The number of carbonyl (C=O) groups excluding carboxylic acids is 1. The summed E-state index contributed by atoms with van der Waals surface area (Å²) < 4.78 is 27.1. The number of methoxy groups -OCH3 is 1. The van der Waals surface area contributed by atoms with Gasteiger partial charge >= 0.3 is 5.97 Å². The van der Waals surface area contributed by atoms with E-state index in [1.165, 1.54) is 7.11 Å². The maximum Gasteiger partial charge on any atom is 0.350 e. The molecule has 0 bridgehead atoms. The van der Waals surface area contributed by atoms with Crippen molar-refractivity contribution < 1.29 is 17.9 Å². The van der Waals surface area contributed by atoms with Crippen molar-refractivity contribution in [2.24, 2.45) is 0 Å². The van der Waals surface area contributed by atoms with Crippen molar-refractivity contribution in [3.63, 3.8) is 0 Å². The minimum atomic E-state index is -2.99. The Hall–Kier alpha value is -1.28. The first-order chi connectivity index (χ1) is 8.39. The highest BCUT2D eigenvalue weighted by Crippen LogP contribution is 2.29. The van der Waals surface area contributed by atoms with E-state index >= 15 is 0 Å². The van der Waals surface area contributed by atoms with Crippen LogP contribution in [0.3, 0.4) is 0 Å². The Labute approximate surface area is 110 Å². The van der Waals surface area contributed by atoms with Crippen LogP contribution in [0.1, 0.15) is 16.6 Å². The Bertz CT molecular complexity index is 522. The normalized spacial score (nSPS) is 11.2. The van der Waals surface area contributed by atoms with Gasteiger partial charge in [0.1, 0.15) is 4.88 Å². The molecule has 0 radical (unpaired) electrons. The van der Waals surface area contributed by atoms with Crippen LogP contribution in [0.5, 0.6) is 0 Å². The summed E-state index contributed by atoms with van der Waals surface area (Å²) in [6.45, 7) is 1.89. The number of nitrogen functional groups attached to an aromatic ring is 1. The van der Waals surface area contributed by atoms with Gasteiger partial charge in [-0.3, -0.25) is 0 Å². The number of nitrogens with one attached hydrogen (secondary N) is 1. The summed E-state index contributed by atoms with van der Waals surface area (Å²) in [6, 6.07) is 1.59. The molecule has 1 rings (SSSR count). The summed E-state index contributed by atoms with van der Waals surface area (Å²) in [5.74, 6) is -0.324. The summed E-state index contributed by atoms with van der Waals surface area (Å²) in [6.07, 6.45) is 0. The van der Waals surface area contributed by atoms with Crippen molar-refractivity contribution >= 4 is 37.8 Å². The lowest BCUT2D eigenvalue weighted by Gasteiger charge is -2.02. The zero-order valence-corrected chi connectivity index (χ0v) is 11.9. The number of anilines is 2. The molecule has 0 fully saturated rings. The molecular formula is C10H16N2O4S2. The Morgan fingerprint density at radius 1 is 1.56 bits per heavy atom. The Morgan fingerprint density at radius 3 is 2.78 bits per heavy atom. The molecule has 1 aromatic heterocycles. The molecule has 0 aliphatic rings. The monoisotopic (exact) mass is 292 g/mol. The van der Waals surface area contributed by atoms with Gasteiger partial charge in [-0.1, -0.05) is 6.92 Å². The number of rotatable bonds is 6. The molecule has 0 aliphatic carbocycles. The lowest BCUT2D eigenvalue weighted by molar-refractivity contribution is 0.0607. The van der Waals surface area contributed by atoms with Gasteiger partial charge < -0.3 is 15.8 Å². The maximum atomic E-state index is 11.3. The predicted octanol–water partition coefficient (Wildman–Crippen LogP) is 0.964. The third-order valence-electron chi connectivity index (χ3n) is 2.28. The highest BCUT2D eigenvalue weighted by molar-refractivity contribution is 7.91. The smallest absolute Gasteiger partial charge is 0.350 e. The number of hydrogen-bond acceptors (Lipinski definition) is 7. The highest BCUT2D eigenvalue weighted by Gasteiger charge is 2.15. The zero-order valence-electron chi connectivity index (χ0n) is 10.2. The predicted molar refractivity (Wildman–Crippen MR) is 72.9 cm³/mol. The van der Waals surface area contributed by atoms with Gasteiger partial charge in [-0.15, -0.1) is 11.3 Å². The average Bonchev–Trinajstić information content (AvgIpc) is 2.69. The molecule has 0 saturated carbocycles. The van der Waals surface area contributed by atoms with Crippen molar-refractivity contribution in [2.75, 3.05) is 36.2 Å². The summed E-state index contributed by atoms with van der Waals surface area (Å²) in [5, 5.41) is 3.58. The minimum Gasteiger partial charge on any atom is -0.465 e. The second-order valence-corrected chi connectivity index (χ2v) is 7.07. The van der Waals surface area contributed by atoms with Crippen LogP contribution >= 0.6 is 11.3 Å². The van der Waals surface area contributed by atoms with Gasteiger partial charge in [0.15, 0.2) is 9.84 Å². The lowest BCUT2D eigenvalue weighted by atomic mass is 10.4. The topological polar surface area (TPSA) is 98.5 Å². The van der Waals surface area contributed by atoms with Crippen LogP contribution < -0.4 is 11.1 Å². The number of nitrogens with two attached hydrogens (primary N) is 1. The number of ether oxygens (including phenoxy) is 1. The molecule has 3 N–H and O–H groups in total. The molecular weight excluding hydrogens is 276 g/mol. The standard InChI is InChI=1S/C10H16N2O4S2/c1-3-18(14,15)5-4-12-8-6-7(11)9(17-8)10(13)16-2/h6,12H,3-5,11H2,1-2H3. The molecule has 0 saturated heterocycles. The molecule has 1 heterocycles. The van der Waals surface area contributed by atoms with Crippen LogP contribution in [-0.4, -0.2) is 39.5 Å². The molecule has 1 aromatic rings. The van der Waals surface area contributed by atoms with Gasteiger partial charge in [-0.05, 0) is 6.07 Å². The Kier molecular flexibility index (Phi) is 4.97. The van der Waals surface area contributed by atoms with Crippen LogP contribution in [0, 0.1) is 0 Å². The van der Waals surface area contributed by atoms with Crippen molar-refractivity contribution in [1.29, 1.82) is 0 Å². The van der Waals surface area contributed by atoms with Crippen molar-refractivity contribution in [2.45, 2.75) is 6.92 Å². The Balaban J connectivity index is 2.62. The van der Waals surface area contributed by atoms with Gasteiger partial charge in [0.05, 0.1) is 23.6 Å². The largest absolute Gasteiger partial charge is 0.465 e. The SMILES string of the molecule is CCS(=O)(=O)CCNc1cc(N)c(C(=O)OC)s1. The molecule has 0 aliphatic heterocycles. The van der Waals surface area contributed by atoms with Crippen LogP contribution in [0.4, 0.5) is 10.7 Å². The number of hydrogen-bond donors (Lipinski definition) is 2. The fourth-order valence-electron chi connectivity index (χ4n) is 1.22. The van der Waals surface area contributed by atoms with Gasteiger partial charge in [0.25, 0.3) is 0 Å². The molecule has 0 unspecified atom stereocenters. The summed E-state index contributed by atoms with van der Waals surface area (Å²) >= 11 is 1.14. The molecule has 0 amide bonds. The van der Waals surface area contributed by atoms with E-state index in [1.54, 1.807) is 13.0 Å². The number of thiophene rings is 1. The van der Waals surface area contributed by atoms with Crippen LogP contribution in [0.2, 0.25) is 0 Å². The molecule has 0 spiro atoms. The van der Waals surface area contributed by atoms with Crippen molar-refractivity contribution in [1.82, 2.24) is 0 Å². The first kappa shape index (κ1) is 14.8. The fourth-order valence-corrected chi connectivity index (χ4v) is 2.84. The van der Waals surface area contributed by atoms with E-state index in [0.717, 1.165) is 11.3 Å². The maximum absolute atomic E-state index is 11.3. The summed E-state index contributed by atoms with van der Waals surface area (Å²) in [5.41, 5.74) is 5.98. The molecule has 6 nitrogen and oxygen atoms in total. The third kappa shape index (κ3) is 3.88. The van der Waals surface area contributed by atoms with Crippen LogP contribution in [-0.2, 0) is 14.6 Å². The molecule has 0 aromatic carbocycles. The van der Waals surface area contributed by atoms with E-state index in [1.807, 2.05) is 0 Å². The highest BCUT2D eigenvalue weighted by atomic mass is 32.2. The quantitative estimate of drug-likeness (QED) is 0.758. The molecule has 0 atom stereocenters. The zero-order chi connectivity index (χ0) is 13.8. The van der Waals surface area contributed by atoms with Crippen LogP contribution in [0.15, 0.2) is 6.07 Å². The first-order valence-electron chi connectivity index (χ1n) is 5.31. The average molecular weight is 292 g/mol. The summed E-state index contributed by atoms with van der Waals surface area (Å²) in [7, 11) is -1.71. The molecule has 8 heteroatoms. The fraction of sp³-hybridized carbons (Fsp3) is 0.500. The minimum absolute atomic E-state index is 0.0505. The summed E-state index contributed by atoms with van der Waals surface area (Å²) in [4.78, 5) is 11.6. The van der Waals surface area contributed by atoms with E-state index in [9.17, 15) is 13.2 Å².